The van der Waals surface area contributed by atoms with Gasteiger partial charge in [-0.05, 0) is 26.3 Å². The number of nitrogens with zero attached hydrogens (tertiary/aromatic N) is 4. The molecule has 0 spiro atoms. The SMILES string of the molecule is CCN(CCCO)c1nccn2nc(C)cc12. The van der Waals surface area contributed by atoms with Crippen LogP contribution in [0.2, 0.25) is 0 Å². The van der Waals surface area contributed by atoms with Gasteiger partial charge in [-0.15, -0.1) is 0 Å². The van der Waals surface area contributed by atoms with Crippen molar-refractivity contribution in [2.45, 2.75) is 20.3 Å². The molecule has 0 saturated heterocycles. The Hall–Kier alpha value is -1.62. The first-order valence-corrected chi connectivity index (χ1v) is 5.93. The standard InChI is InChI=1S/C12H18N4O/c1-3-15(6-4-8-17)12-11-9-10(2)14-16(11)7-5-13-12/h5,7,9,17H,3-4,6,8H2,1-2H3. The monoisotopic (exact) mass is 234 g/mol. The Balaban J connectivity index is 2.38. The fourth-order valence-electron chi connectivity index (χ4n) is 1.95. The molecule has 2 heterocycles. The number of fused-ring (bicyclic) bond motifs is 1. The highest BCUT2D eigenvalue weighted by molar-refractivity contribution is 5.68. The predicted octanol–water partition coefficient (Wildman–Crippen LogP) is 1.25. The van der Waals surface area contributed by atoms with Crippen LogP contribution in [0, 0.1) is 6.92 Å². The molecule has 0 bridgehead atoms. The highest BCUT2D eigenvalue weighted by Gasteiger charge is 2.11. The van der Waals surface area contributed by atoms with Crippen LogP contribution in [0.1, 0.15) is 19.0 Å². The van der Waals surface area contributed by atoms with Gasteiger partial charge in [0.2, 0.25) is 0 Å². The fraction of sp³-hybridized carbons (Fsp3) is 0.500. The summed E-state index contributed by atoms with van der Waals surface area (Å²) < 4.78 is 1.85. The molecule has 2 rings (SSSR count). The van der Waals surface area contributed by atoms with E-state index in [1.807, 2.05) is 23.7 Å². The summed E-state index contributed by atoms with van der Waals surface area (Å²) in [5.74, 6) is 0.934. The van der Waals surface area contributed by atoms with E-state index >= 15 is 0 Å². The molecule has 0 aliphatic rings. The van der Waals surface area contributed by atoms with Crippen molar-refractivity contribution >= 4 is 11.3 Å². The summed E-state index contributed by atoms with van der Waals surface area (Å²) in [6.45, 7) is 5.95. The van der Waals surface area contributed by atoms with Crippen LogP contribution in [0.15, 0.2) is 18.5 Å². The van der Waals surface area contributed by atoms with Crippen LogP contribution < -0.4 is 4.90 Å². The van der Waals surface area contributed by atoms with E-state index in [1.54, 1.807) is 6.20 Å². The Morgan fingerprint density at radius 3 is 3.00 bits per heavy atom. The molecular weight excluding hydrogens is 216 g/mol. The van der Waals surface area contributed by atoms with E-state index in [-0.39, 0.29) is 6.61 Å². The number of aliphatic hydroxyl groups excluding tert-OH is 1. The third-order valence-electron chi connectivity index (χ3n) is 2.76. The Kier molecular flexibility index (Phi) is 3.58. The molecule has 1 N–H and O–H groups in total. The third kappa shape index (κ3) is 2.39. The maximum Gasteiger partial charge on any atom is 0.154 e. The lowest BCUT2D eigenvalue weighted by Gasteiger charge is -2.21. The first-order chi connectivity index (χ1) is 8.26. The van der Waals surface area contributed by atoms with Gasteiger partial charge in [0.05, 0.1) is 5.69 Å². The van der Waals surface area contributed by atoms with E-state index in [4.69, 9.17) is 5.11 Å². The zero-order chi connectivity index (χ0) is 12.3. The van der Waals surface area contributed by atoms with Crippen molar-refractivity contribution in [2.24, 2.45) is 0 Å². The minimum Gasteiger partial charge on any atom is -0.396 e. The second-order valence-electron chi connectivity index (χ2n) is 4.02. The maximum atomic E-state index is 8.91. The van der Waals surface area contributed by atoms with E-state index in [9.17, 15) is 0 Å². The summed E-state index contributed by atoms with van der Waals surface area (Å²) in [4.78, 5) is 6.59. The number of anilines is 1. The van der Waals surface area contributed by atoms with Gasteiger partial charge in [0, 0.05) is 32.1 Å². The molecule has 0 radical (unpaired) electrons. The second-order valence-corrected chi connectivity index (χ2v) is 4.02. The van der Waals surface area contributed by atoms with Crippen molar-refractivity contribution in [1.29, 1.82) is 0 Å². The van der Waals surface area contributed by atoms with Crippen LogP contribution in [-0.2, 0) is 0 Å². The fourth-order valence-corrected chi connectivity index (χ4v) is 1.95. The minimum absolute atomic E-state index is 0.206. The van der Waals surface area contributed by atoms with Crippen LogP contribution in [-0.4, -0.2) is 39.4 Å². The summed E-state index contributed by atoms with van der Waals surface area (Å²) in [5.41, 5.74) is 2.00. The average molecular weight is 234 g/mol. The Morgan fingerprint density at radius 2 is 2.29 bits per heavy atom. The Morgan fingerprint density at radius 1 is 1.47 bits per heavy atom. The average Bonchev–Trinajstić information content (AvgIpc) is 2.71. The van der Waals surface area contributed by atoms with Crippen molar-refractivity contribution in [3.05, 3.63) is 24.2 Å². The summed E-state index contributed by atoms with van der Waals surface area (Å²) in [5, 5.41) is 13.3. The first-order valence-electron chi connectivity index (χ1n) is 5.93. The molecule has 2 aromatic rings. The molecule has 92 valence electrons. The highest BCUT2D eigenvalue weighted by Crippen LogP contribution is 2.19. The molecule has 0 fully saturated rings. The molecule has 2 aromatic heterocycles. The van der Waals surface area contributed by atoms with Crippen LogP contribution in [0.4, 0.5) is 5.82 Å². The molecule has 0 aliphatic carbocycles. The van der Waals surface area contributed by atoms with E-state index in [0.717, 1.165) is 36.5 Å². The van der Waals surface area contributed by atoms with E-state index in [2.05, 4.69) is 21.9 Å². The molecule has 0 unspecified atom stereocenters. The molecular formula is C12H18N4O. The third-order valence-corrected chi connectivity index (χ3v) is 2.76. The summed E-state index contributed by atoms with van der Waals surface area (Å²) in [7, 11) is 0. The van der Waals surface area contributed by atoms with Gasteiger partial charge >= 0.3 is 0 Å². The van der Waals surface area contributed by atoms with Gasteiger partial charge in [0.15, 0.2) is 5.82 Å². The number of aryl methyl sites for hydroxylation is 1. The van der Waals surface area contributed by atoms with Crippen molar-refractivity contribution < 1.29 is 5.11 Å². The normalized spacial score (nSPS) is 11.0. The van der Waals surface area contributed by atoms with Crippen LogP contribution in [0.25, 0.3) is 5.52 Å². The number of aliphatic hydroxyl groups is 1. The topological polar surface area (TPSA) is 53.7 Å². The van der Waals surface area contributed by atoms with Gasteiger partial charge in [-0.25, -0.2) is 9.50 Å². The molecule has 17 heavy (non-hydrogen) atoms. The minimum atomic E-state index is 0.206. The Labute approximate surface area is 101 Å². The molecule has 5 nitrogen and oxygen atoms in total. The molecule has 0 atom stereocenters. The van der Waals surface area contributed by atoms with E-state index in [1.165, 1.54) is 0 Å². The predicted molar refractivity (Wildman–Crippen MR) is 67.3 cm³/mol. The lowest BCUT2D eigenvalue weighted by atomic mass is 10.3. The molecule has 0 amide bonds. The van der Waals surface area contributed by atoms with Gasteiger partial charge in [-0.3, -0.25) is 0 Å². The molecule has 0 aromatic carbocycles. The summed E-state index contributed by atoms with van der Waals surface area (Å²) in [6, 6.07) is 2.03. The molecule has 0 saturated carbocycles. The van der Waals surface area contributed by atoms with Gasteiger partial charge < -0.3 is 10.0 Å². The van der Waals surface area contributed by atoms with Gasteiger partial charge in [0.1, 0.15) is 5.52 Å². The van der Waals surface area contributed by atoms with Crippen molar-refractivity contribution in [2.75, 3.05) is 24.6 Å². The lowest BCUT2D eigenvalue weighted by Crippen LogP contribution is -2.26. The van der Waals surface area contributed by atoms with E-state index < -0.39 is 0 Å². The quantitative estimate of drug-likeness (QED) is 0.846. The smallest absolute Gasteiger partial charge is 0.154 e. The van der Waals surface area contributed by atoms with Crippen molar-refractivity contribution in [1.82, 2.24) is 14.6 Å². The van der Waals surface area contributed by atoms with E-state index in [0.29, 0.717) is 0 Å². The summed E-state index contributed by atoms with van der Waals surface area (Å²) >= 11 is 0. The Bertz CT molecular complexity index is 494. The van der Waals surface area contributed by atoms with Crippen LogP contribution in [0.5, 0.6) is 0 Å². The van der Waals surface area contributed by atoms with Crippen LogP contribution in [0.3, 0.4) is 0 Å². The first kappa shape index (κ1) is 11.9. The van der Waals surface area contributed by atoms with Crippen molar-refractivity contribution in [3.63, 3.8) is 0 Å². The van der Waals surface area contributed by atoms with Crippen LogP contribution >= 0.6 is 0 Å². The maximum absolute atomic E-state index is 8.91. The van der Waals surface area contributed by atoms with Gasteiger partial charge in [0.25, 0.3) is 0 Å². The zero-order valence-electron chi connectivity index (χ0n) is 10.3. The lowest BCUT2D eigenvalue weighted by molar-refractivity contribution is 0.289. The number of hydrogen-bond acceptors (Lipinski definition) is 4. The molecule has 0 aliphatic heterocycles. The molecule has 5 heteroatoms. The van der Waals surface area contributed by atoms with Crippen molar-refractivity contribution in [3.8, 4) is 0 Å². The zero-order valence-corrected chi connectivity index (χ0v) is 10.3. The second kappa shape index (κ2) is 5.14. The largest absolute Gasteiger partial charge is 0.396 e. The highest BCUT2D eigenvalue weighted by atomic mass is 16.3. The number of rotatable bonds is 5. The summed E-state index contributed by atoms with van der Waals surface area (Å²) in [6.07, 6.45) is 4.37. The van der Waals surface area contributed by atoms with Gasteiger partial charge in [-0.1, -0.05) is 0 Å². The van der Waals surface area contributed by atoms with Gasteiger partial charge in [-0.2, -0.15) is 5.10 Å². The number of hydrogen-bond donors (Lipinski definition) is 1. The number of aromatic nitrogens is 3.